The molecule has 0 amide bonds. The van der Waals surface area contributed by atoms with Crippen LogP contribution in [0.4, 0.5) is 0 Å². The van der Waals surface area contributed by atoms with E-state index < -0.39 is 16.0 Å². The molecule has 0 aromatic heterocycles. The third kappa shape index (κ3) is 5.81. The Kier molecular flexibility index (Phi) is 7.60. The van der Waals surface area contributed by atoms with E-state index in [0.717, 1.165) is 30.4 Å². The Hall–Kier alpha value is -2.96. The normalized spacial score (nSPS) is 11.3. The summed E-state index contributed by atoms with van der Waals surface area (Å²) in [5.74, 6) is -0.504. The van der Waals surface area contributed by atoms with Gasteiger partial charge in [0.05, 0.1) is 17.6 Å². The predicted molar refractivity (Wildman–Crippen MR) is 123 cm³/mol. The molecule has 0 aliphatic carbocycles. The summed E-state index contributed by atoms with van der Waals surface area (Å²) in [5.41, 5.74) is 3.85. The highest BCUT2D eigenvalue weighted by molar-refractivity contribution is 7.89. The second-order valence-electron chi connectivity index (χ2n) is 7.35. The molecule has 5 nitrogen and oxygen atoms in total. The quantitative estimate of drug-likeness (QED) is 0.387. The van der Waals surface area contributed by atoms with Crippen molar-refractivity contribution >= 4 is 16.0 Å². The number of sulfonamides is 1. The lowest BCUT2D eigenvalue weighted by Crippen LogP contribution is -2.25. The van der Waals surface area contributed by atoms with Gasteiger partial charge in [0.15, 0.2) is 0 Å². The van der Waals surface area contributed by atoms with Gasteiger partial charge >= 0.3 is 5.97 Å². The SMILES string of the molecule is COC(=O)c1ccc(S(=O)(=O)NCCCCc2ccccc2)cc1-c1ccccc1C. The van der Waals surface area contributed by atoms with E-state index in [1.807, 2.05) is 49.4 Å². The molecule has 0 saturated heterocycles. The van der Waals surface area contributed by atoms with Crippen LogP contribution in [-0.4, -0.2) is 28.0 Å². The van der Waals surface area contributed by atoms with Crippen molar-refractivity contribution in [3.63, 3.8) is 0 Å². The maximum Gasteiger partial charge on any atom is 0.338 e. The van der Waals surface area contributed by atoms with Crippen LogP contribution < -0.4 is 4.72 Å². The van der Waals surface area contributed by atoms with E-state index in [9.17, 15) is 13.2 Å². The Morgan fingerprint density at radius 3 is 2.32 bits per heavy atom. The summed E-state index contributed by atoms with van der Waals surface area (Å²) in [6.07, 6.45) is 2.54. The van der Waals surface area contributed by atoms with Crippen molar-refractivity contribution in [2.75, 3.05) is 13.7 Å². The summed E-state index contributed by atoms with van der Waals surface area (Å²) >= 11 is 0. The van der Waals surface area contributed by atoms with E-state index >= 15 is 0 Å². The molecule has 0 heterocycles. The van der Waals surface area contributed by atoms with E-state index in [0.29, 0.717) is 17.7 Å². The fraction of sp³-hybridized carbons (Fsp3) is 0.240. The van der Waals surface area contributed by atoms with Gasteiger partial charge in [0.25, 0.3) is 0 Å². The Morgan fingerprint density at radius 2 is 1.61 bits per heavy atom. The van der Waals surface area contributed by atoms with Crippen molar-refractivity contribution in [3.05, 3.63) is 89.5 Å². The second-order valence-corrected chi connectivity index (χ2v) is 9.12. The lowest BCUT2D eigenvalue weighted by Gasteiger charge is -2.14. The summed E-state index contributed by atoms with van der Waals surface area (Å²) < 4.78 is 33.3. The molecule has 0 fully saturated rings. The van der Waals surface area contributed by atoms with E-state index in [1.54, 1.807) is 6.07 Å². The molecule has 1 N–H and O–H groups in total. The van der Waals surface area contributed by atoms with Crippen molar-refractivity contribution in [2.24, 2.45) is 0 Å². The zero-order valence-corrected chi connectivity index (χ0v) is 18.6. The first kappa shape index (κ1) is 22.7. The maximum absolute atomic E-state index is 12.9. The van der Waals surface area contributed by atoms with Crippen LogP contribution in [-0.2, 0) is 21.2 Å². The molecule has 0 bridgehead atoms. The number of unbranched alkanes of at least 4 members (excludes halogenated alkanes) is 1. The predicted octanol–water partition coefficient (Wildman–Crippen LogP) is 4.75. The minimum Gasteiger partial charge on any atom is -0.465 e. The standard InChI is InChI=1S/C25H27NO4S/c1-19-10-6-7-14-22(19)24-18-21(15-16-23(24)25(27)30-2)31(28,29)26-17-9-8-13-20-11-4-3-5-12-20/h3-7,10-12,14-16,18,26H,8-9,13,17H2,1-2H3. The lowest BCUT2D eigenvalue weighted by atomic mass is 9.96. The largest absolute Gasteiger partial charge is 0.465 e. The first-order valence-electron chi connectivity index (χ1n) is 10.2. The number of rotatable bonds is 9. The first-order chi connectivity index (χ1) is 14.9. The zero-order chi connectivity index (χ0) is 22.3. The van der Waals surface area contributed by atoms with Crippen molar-refractivity contribution in [2.45, 2.75) is 31.1 Å². The number of methoxy groups -OCH3 is 1. The molecule has 0 atom stereocenters. The number of carbonyl (C=O) groups is 1. The fourth-order valence-corrected chi connectivity index (χ4v) is 4.57. The highest BCUT2D eigenvalue weighted by atomic mass is 32.2. The molecule has 0 unspecified atom stereocenters. The molecule has 0 aliphatic heterocycles. The van der Waals surface area contributed by atoms with Gasteiger partial charge < -0.3 is 4.74 Å². The smallest absolute Gasteiger partial charge is 0.338 e. The highest BCUT2D eigenvalue weighted by Crippen LogP contribution is 2.30. The highest BCUT2D eigenvalue weighted by Gasteiger charge is 2.20. The van der Waals surface area contributed by atoms with Crippen LogP contribution in [0.5, 0.6) is 0 Å². The van der Waals surface area contributed by atoms with Gasteiger partial charge in [0, 0.05) is 6.54 Å². The van der Waals surface area contributed by atoms with Crippen LogP contribution in [0.25, 0.3) is 11.1 Å². The zero-order valence-electron chi connectivity index (χ0n) is 17.8. The van der Waals surface area contributed by atoms with Crippen LogP contribution in [0.1, 0.15) is 34.3 Å². The van der Waals surface area contributed by atoms with Gasteiger partial charge in [-0.05, 0) is 66.6 Å². The summed E-state index contributed by atoms with van der Waals surface area (Å²) in [7, 11) is -2.39. The first-order valence-corrected chi connectivity index (χ1v) is 11.7. The minimum atomic E-state index is -3.70. The van der Waals surface area contributed by atoms with Crippen LogP contribution in [0.3, 0.4) is 0 Å². The topological polar surface area (TPSA) is 72.5 Å². The Morgan fingerprint density at radius 1 is 0.903 bits per heavy atom. The number of benzene rings is 3. The van der Waals surface area contributed by atoms with Gasteiger partial charge in [0.1, 0.15) is 0 Å². The molecule has 3 aromatic rings. The molecule has 0 spiro atoms. The van der Waals surface area contributed by atoms with Crippen LogP contribution >= 0.6 is 0 Å². The molecule has 6 heteroatoms. The molecule has 0 radical (unpaired) electrons. The van der Waals surface area contributed by atoms with Crippen LogP contribution in [0.15, 0.2) is 77.7 Å². The number of hydrogen-bond acceptors (Lipinski definition) is 4. The van der Waals surface area contributed by atoms with E-state index in [1.165, 1.54) is 24.8 Å². The van der Waals surface area contributed by atoms with E-state index in [2.05, 4.69) is 16.9 Å². The second kappa shape index (κ2) is 10.4. The number of ether oxygens (including phenoxy) is 1. The Balaban J connectivity index is 1.75. The Labute approximate surface area is 184 Å². The summed E-state index contributed by atoms with van der Waals surface area (Å²) in [6.45, 7) is 2.27. The fourth-order valence-electron chi connectivity index (χ4n) is 3.47. The van der Waals surface area contributed by atoms with E-state index in [4.69, 9.17) is 4.74 Å². The number of nitrogens with one attached hydrogen (secondary N) is 1. The molecule has 0 aliphatic rings. The van der Waals surface area contributed by atoms with Gasteiger partial charge in [0.2, 0.25) is 10.0 Å². The molecule has 31 heavy (non-hydrogen) atoms. The van der Waals surface area contributed by atoms with Crippen LogP contribution in [0, 0.1) is 6.92 Å². The van der Waals surface area contributed by atoms with Crippen molar-refractivity contribution < 1.29 is 17.9 Å². The summed E-state index contributed by atoms with van der Waals surface area (Å²) in [6, 6.07) is 22.2. The van der Waals surface area contributed by atoms with Gasteiger partial charge in [-0.15, -0.1) is 0 Å². The molecular weight excluding hydrogens is 410 g/mol. The van der Waals surface area contributed by atoms with E-state index in [-0.39, 0.29) is 4.90 Å². The minimum absolute atomic E-state index is 0.126. The third-order valence-corrected chi connectivity index (χ3v) is 6.63. The number of carbonyl (C=O) groups excluding carboxylic acids is 1. The molecule has 3 aromatic carbocycles. The average Bonchev–Trinajstić information content (AvgIpc) is 2.79. The van der Waals surface area contributed by atoms with Gasteiger partial charge in [-0.25, -0.2) is 17.9 Å². The third-order valence-electron chi connectivity index (χ3n) is 5.17. The number of esters is 1. The molecule has 3 rings (SSSR count). The number of hydrogen-bond donors (Lipinski definition) is 1. The summed E-state index contributed by atoms with van der Waals surface area (Å²) in [4.78, 5) is 12.4. The van der Waals surface area contributed by atoms with Crippen LogP contribution in [0.2, 0.25) is 0 Å². The average molecular weight is 438 g/mol. The molecule has 162 valence electrons. The Bertz CT molecular complexity index is 1140. The summed E-state index contributed by atoms with van der Waals surface area (Å²) in [5, 5.41) is 0. The monoisotopic (exact) mass is 437 g/mol. The molecular formula is C25H27NO4S. The van der Waals surface area contributed by atoms with Gasteiger partial charge in [-0.1, -0.05) is 54.6 Å². The van der Waals surface area contributed by atoms with Gasteiger partial charge in [-0.3, -0.25) is 0 Å². The van der Waals surface area contributed by atoms with Crippen molar-refractivity contribution in [1.82, 2.24) is 4.72 Å². The maximum atomic E-state index is 12.9. The van der Waals surface area contributed by atoms with Crippen molar-refractivity contribution in [1.29, 1.82) is 0 Å². The lowest BCUT2D eigenvalue weighted by molar-refractivity contribution is 0.0601. The molecule has 0 saturated carbocycles. The number of aryl methyl sites for hydroxylation is 2. The van der Waals surface area contributed by atoms with Gasteiger partial charge in [-0.2, -0.15) is 0 Å². The van der Waals surface area contributed by atoms with Crippen molar-refractivity contribution in [3.8, 4) is 11.1 Å².